The molecule has 0 aromatic heterocycles. The maximum absolute atomic E-state index is 12.4. The fourth-order valence-corrected chi connectivity index (χ4v) is 2.60. The van der Waals surface area contributed by atoms with E-state index < -0.39 is 0 Å². The van der Waals surface area contributed by atoms with E-state index in [9.17, 15) is 4.79 Å². The average Bonchev–Trinajstić information content (AvgIpc) is 2.43. The minimum absolute atomic E-state index is 0.0234. The van der Waals surface area contributed by atoms with Crippen LogP contribution in [0.4, 0.5) is 0 Å². The van der Waals surface area contributed by atoms with E-state index in [4.69, 9.17) is 9.47 Å². The molecule has 0 aliphatic heterocycles. The molecule has 1 rings (SSSR count). The zero-order valence-corrected chi connectivity index (χ0v) is 15.0. The van der Waals surface area contributed by atoms with E-state index in [2.05, 4.69) is 29.8 Å². The van der Waals surface area contributed by atoms with Gasteiger partial charge in [-0.2, -0.15) is 0 Å². The smallest absolute Gasteiger partial charge is 0.253 e. The number of nitrogens with zero attached hydrogens (tertiary/aromatic N) is 1. The summed E-state index contributed by atoms with van der Waals surface area (Å²) >= 11 is 3.46. The summed E-state index contributed by atoms with van der Waals surface area (Å²) in [6, 6.07) is 3.52. The molecule has 1 aromatic rings. The largest absolute Gasteiger partial charge is 0.493 e. The molecule has 0 N–H and O–H groups in total. The summed E-state index contributed by atoms with van der Waals surface area (Å²) in [4.78, 5) is 14.2. The normalized spacial score (nSPS) is 10.6. The van der Waals surface area contributed by atoms with Crippen LogP contribution in [0.3, 0.4) is 0 Å². The van der Waals surface area contributed by atoms with Gasteiger partial charge in [0, 0.05) is 19.2 Å². The highest BCUT2D eigenvalue weighted by molar-refractivity contribution is 9.10. The minimum atomic E-state index is -0.0234. The average molecular weight is 358 g/mol. The molecule has 0 radical (unpaired) electrons. The van der Waals surface area contributed by atoms with Gasteiger partial charge in [0.05, 0.1) is 18.2 Å². The summed E-state index contributed by atoms with van der Waals surface area (Å²) in [7, 11) is 3.39. The Morgan fingerprint density at radius 2 is 2.05 bits per heavy atom. The van der Waals surface area contributed by atoms with Crippen LogP contribution in [-0.2, 0) is 0 Å². The molecular formula is C16H24BrNO3. The van der Waals surface area contributed by atoms with Crippen molar-refractivity contribution in [2.75, 3.05) is 27.3 Å². The van der Waals surface area contributed by atoms with E-state index in [1.807, 2.05) is 14.0 Å². The van der Waals surface area contributed by atoms with Crippen molar-refractivity contribution >= 4 is 21.8 Å². The second-order valence-electron chi connectivity index (χ2n) is 5.42. The van der Waals surface area contributed by atoms with Crippen molar-refractivity contribution < 1.29 is 14.3 Å². The van der Waals surface area contributed by atoms with Gasteiger partial charge in [-0.3, -0.25) is 4.79 Å². The highest BCUT2D eigenvalue weighted by Crippen LogP contribution is 2.37. The lowest BCUT2D eigenvalue weighted by molar-refractivity contribution is 0.0778. The van der Waals surface area contributed by atoms with E-state index in [1.165, 1.54) is 0 Å². The number of benzene rings is 1. The molecule has 0 aliphatic rings. The van der Waals surface area contributed by atoms with Crippen LogP contribution in [0.1, 0.15) is 37.6 Å². The molecule has 0 saturated heterocycles. The van der Waals surface area contributed by atoms with E-state index in [0.29, 0.717) is 36.1 Å². The number of carbonyl (C=O) groups excluding carboxylic acids is 1. The lowest BCUT2D eigenvalue weighted by Gasteiger charge is -2.20. The Labute approximate surface area is 135 Å². The highest BCUT2D eigenvalue weighted by atomic mass is 79.9. The van der Waals surface area contributed by atoms with E-state index in [-0.39, 0.29) is 5.91 Å². The predicted molar refractivity (Wildman–Crippen MR) is 88.3 cm³/mol. The molecule has 0 aliphatic carbocycles. The SMILES string of the molecule is CCCOc1c(Br)cc(C(=O)N(C)CC(C)C)cc1OC. The summed E-state index contributed by atoms with van der Waals surface area (Å²) in [6.45, 7) is 7.53. The topological polar surface area (TPSA) is 38.8 Å². The molecule has 0 unspecified atom stereocenters. The molecule has 5 heteroatoms. The summed E-state index contributed by atoms with van der Waals surface area (Å²) in [5.41, 5.74) is 0.589. The van der Waals surface area contributed by atoms with Crippen LogP contribution in [0.15, 0.2) is 16.6 Å². The molecule has 118 valence electrons. The zero-order chi connectivity index (χ0) is 16.0. The Morgan fingerprint density at radius 3 is 2.57 bits per heavy atom. The van der Waals surface area contributed by atoms with Gasteiger partial charge in [-0.15, -0.1) is 0 Å². The Hall–Kier alpha value is -1.23. The Morgan fingerprint density at radius 1 is 1.38 bits per heavy atom. The van der Waals surface area contributed by atoms with Gasteiger partial charge in [0.1, 0.15) is 0 Å². The third-order valence-corrected chi connectivity index (χ3v) is 3.50. The van der Waals surface area contributed by atoms with Crippen molar-refractivity contribution in [3.05, 3.63) is 22.2 Å². The van der Waals surface area contributed by atoms with Gasteiger partial charge in [0.25, 0.3) is 5.91 Å². The summed E-state index contributed by atoms with van der Waals surface area (Å²) in [6.07, 6.45) is 0.910. The maximum Gasteiger partial charge on any atom is 0.253 e. The molecule has 0 heterocycles. The first kappa shape index (κ1) is 17.8. The third-order valence-electron chi connectivity index (χ3n) is 2.91. The molecule has 0 saturated carbocycles. The predicted octanol–water partition coefficient (Wildman–Crippen LogP) is 3.97. The molecule has 0 bridgehead atoms. The van der Waals surface area contributed by atoms with Gasteiger partial charge in [-0.1, -0.05) is 20.8 Å². The Balaban J connectivity index is 3.04. The van der Waals surface area contributed by atoms with E-state index >= 15 is 0 Å². The molecule has 21 heavy (non-hydrogen) atoms. The van der Waals surface area contributed by atoms with Crippen molar-refractivity contribution in [3.8, 4) is 11.5 Å². The van der Waals surface area contributed by atoms with Gasteiger partial charge in [-0.25, -0.2) is 0 Å². The maximum atomic E-state index is 12.4. The fourth-order valence-electron chi connectivity index (χ4n) is 2.04. The molecule has 1 aromatic carbocycles. The van der Waals surface area contributed by atoms with Crippen molar-refractivity contribution in [2.24, 2.45) is 5.92 Å². The number of hydrogen-bond acceptors (Lipinski definition) is 3. The van der Waals surface area contributed by atoms with Crippen LogP contribution >= 0.6 is 15.9 Å². The number of halogens is 1. The number of methoxy groups -OCH3 is 1. The van der Waals surface area contributed by atoms with Gasteiger partial charge in [0.2, 0.25) is 0 Å². The van der Waals surface area contributed by atoms with Crippen LogP contribution in [0, 0.1) is 5.92 Å². The molecule has 0 spiro atoms. The molecular weight excluding hydrogens is 334 g/mol. The van der Waals surface area contributed by atoms with Gasteiger partial charge in [-0.05, 0) is 40.4 Å². The summed E-state index contributed by atoms with van der Waals surface area (Å²) in [5, 5.41) is 0. The number of ether oxygens (including phenoxy) is 2. The number of amides is 1. The first-order chi connectivity index (χ1) is 9.90. The number of hydrogen-bond donors (Lipinski definition) is 0. The fraction of sp³-hybridized carbons (Fsp3) is 0.562. The Bertz CT molecular complexity index is 489. The molecule has 0 fully saturated rings. The molecule has 4 nitrogen and oxygen atoms in total. The second-order valence-corrected chi connectivity index (χ2v) is 6.27. The quantitative estimate of drug-likeness (QED) is 0.740. The third kappa shape index (κ3) is 4.92. The summed E-state index contributed by atoms with van der Waals surface area (Å²) in [5.74, 6) is 1.61. The first-order valence-corrected chi connectivity index (χ1v) is 7.95. The number of rotatable bonds is 7. The monoisotopic (exact) mass is 357 g/mol. The second kappa shape index (κ2) is 8.27. The van der Waals surface area contributed by atoms with E-state index in [1.54, 1.807) is 24.1 Å². The minimum Gasteiger partial charge on any atom is -0.493 e. The van der Waals surface area contributed by atoms with Gasteiger partial charge in [0.15, 0.2) is 11.5 Å². The standard InChI is InChI=1S/C16H24BrNO3/c1-6-7-21-15-13(17)8-12(9-14(15)20-5)16(19)18(4)10-11(2)3/h8-9,11H,6-7,10H2,1-5H3. The van der Waals surface area contributed by atoms with Crippen LogP contribution < -0.4 is 9.47 Å². The van der Waals surface area contributed by atoms with Crippen LogP contribution in [0.25, 0.3) is 0 Å². The Kier molecular flexibility index (Phi) is 7.02. The van der Waals surface area contributed by atoms with Crippen molar-refractivity contribution in [1.82, 2.24) is 4.90 Å². The van der Waals surface area contributed by atoms with Crippen LogP contribution in [0.2, 0.25) is 0 Å². The van der Waals surface area contributed by atoms with Crippen molar-refractivity contribution in [3.63, 3.8) is 0 Å². The number of carbonyl (C=O) groups is 1. The lowest BCUT2D eigenvalue weighted by atomic mass is 10.1. The molecule has 1 amide bonds. The van der Waals surface area contributed by atoms with Gasteiger partial charge >= 0.3 is 0 Å². The van der Waals surface area contributed by atoms with Crippen LogP contribution in [0.5, 0.6) is 11.5 Å². The van der Waals surface area contributed by atoms with E-state index in [0.717, 1.165) is 10.9 Å². The van der Waals surface area contributed by atoms with Crippen LogP contribution in [-0.4, -0.2) is 38.1 Å². The van der Waals surface area contributed by atoms with Crippen molar-refractivity contribution in [2.45, 2.75) is 27.2 Å². The summed E-state index contributed by atoms with van der Waals surface area (Å²) < 4.78 is 11.8. The lowest BCUT2D eigenvalue weighted by Crippen LogP contribution is -2.30. The highest BCUT2D eigenvalue weighted by Gasteiger charge is 2.18. The molecule has 0 atom stereocenters. The zero-order valence-electron chi connectivity index (χ0n) is 13.4. The van der Waals surface area contributed by atoms with Gasteiger partial charge < -0.3 is 14.4 Å². The van der Waals surface area contributed by atoms with Crippen molar-refractivity contribution in [1.29, 1.82) is 0 Å². The first-order valence-electron chi connectivity index (χ1n) is 7.16.